The molecule has 0 atom stereocenters. The van der Waals surface area contributed by atoms with Gasteiger partial charge in [-0.15, -0.1) is 0 Å². The summed E-state index contributed by atoms with van der Waals surface area (Å²) < 4.78 is 11.2. The average Bonchev–Trinajstić information content (AvgIpc) is 2.81. The van der Waals surface area contributed by atoms with E-state index >= 15 is 0 Å². The third-order valence-electron chi connectivity index (χ3n) is 4.16. The van der Waals surface area contributed by atoms with Crippen molar-refractivity contribution in [1.29, 1.82) is 5.26 Å². The van der Waals surface area contributed by atoms with Gasteiger partial charge in [0, 0.05) is 0 Å². The molecule has 150 valence electrons. The smallest absolute Gasteiger partial charge is 0.276 e. The van der Waals surface area contributed by atoms with E-state index in [1.54, 1.807) is 48.5 Å². The van der Waals surface area contributed by atoms with E-state index in [0.717, 1.165) is 16.9 Å². The Morgan fingerprint density at radius 2 is 1.50 bits per heavy atom. The van der Waals surface area contributed by atoms with Crippen LogP contribution in [-0.4, -0.2) is 12.5 Å². The standard InChI is InChI=1S/C24H21N3O3/c1-18(21-9-7-19(15-25)8-10-21)26-27-24(28)17-30-23-13-11-22(12-14-23)29-16-20-5-3-2-4-6-20/h2-14,26H,1,16-17H2,(H,27,28). The van der Waals surface area contributed by atoms with Crippen LogP contribution in [0.3, 0.4) is 0 Å². The SMILES string of the molecule is C=C(NNC(=O)COc1ccc(OCc2ccccc2)cc1)c1ccc(C#N)cc1. The normalized spacial score (nSPS) is 9.83. The number of amides is 1. The first-order valence-electron chi connectivity index (χ1n) is 9.28. The van der Waals surface area contributed by atoms with Crippen molar-refractivity contribution in [2.24, 2.45) is 0 Å². The molecule has 0 heterocycles. The maximum absolute atomic E-state index is 12.0. The lowest BCUT2D eigenvalue weighted by Gasteiger charge is -2.12. The minimum absolute atomic E-state index is 0.155. The lowest BCUT2D eigenvalue weighted by molar-refractivity contribution is -0.123. The highest BCUT2D eigenvalue weighted by atomic mass is 16.5. The van der Waals surface area contributed by atoms with Crippen LogP contribution in [0, 0.1) is 11.3 Å². The molecule has 30 heavy (non-hydrogen) atoms. The maximum Gasteiger partial charge on any atom is 0.276 e. The first-order valence-corrected chi connectivity index (χ1v) is 9.28. The van der Waals surface area contributed by atoms with Crippen LogP contribution in [0.1, 0.15) is 16.7 Å². The number of rotatable bonds is 9. The van der Waals surface area contributed by atoms with Crippen LogP contribution >= 0.6 is 0 Å². The maximum atomic E-state index is 12.0. The molecule has 6 nitrogen and oxygen atoms in total. The van der Waals surface area contributed by atoms with Crippen LogP contribution in [0.15, 0.2) is 85.4 Å². The molecule has 0 aromatic heterocycles. The summed E-state index contributed by atoms with van der Waals surface area (Å²) in [4.78, 5) is 12.0. The van der Waals surface area contributed by atoms with Crippen LogP contribution in [0.25, 0.3) is 5.70 Å². The Bertz CT molecular complexity index is 1020. The summed E-state index contributed by atoms with van der Waals surface area (Å²) in [6.07, 6.45) is 0. The van der Waals surface area contributed by atoms with Crippen LogP contribution in [0.4, 0.5) is 0 Å². The Morgan fingerprint density at radius 1 is 0.867 bits per heavy atom. The minimum atomic E-state index is -0.353. The van der Waals surface area contributed by atoms with Crippen LogP contribution in [0.5, 0.6) is 11.5 Å². The van der Waals surface area contributed by atoms with Gasteiger partial charge >= 0.3 is 0 Å². The summed E-state index contributed by atoms with van der Waals surface area (Å²) >= 11 is 0. The number of carbonyl (C=O) groups is 1. The molecule has 1 amide bonds. The van der Waals surface area contributed by atoms with Crippen molar-refractivity contribution in [2.45, 2.75) is 6.61 Å². The Morgan fingerprint density at radius 3 is 2.13 bits per heavy atom. The number of nitrogens with zero attached hydrogens (tertiary/aromatic N) is 1. The molecule has 0 bridgehead atoms. The molecule has 0 fully saturated rings. The summed E-state index contributed by atoms with van der Waals surface area (Å²) in [5.74, 6) is 0.924. The molecular formula is C24H21N3O3. The van der Waals surface area contributed by atoms with Gasteiger partial charge in [0.05, 0.1) is 17.3 Å². The lowest BCUT2D eigenvalue weighted by atomic mass is 10.1. The highest BCUT2D eigenvalue weighted by Gasteiger charge is 2.05. The van der Waals surface area contributed by atoms with Crippen molar-refractivity contribution in [2.75, 3.05) is 6.61 Å². The van der Waals surface area contributed by atoms with Gasteiger partial charge < -0.3 is 9.47 Å². The van der Waals surface area contributed by atoms with E-state index in [1.165, 1.54) is 0 Å². The predicted octanol–water partition coefficient (Wildman–Crippen LogP) is 3.81. The third kappa shape index (κ3) is 6.14. The molecule has 0 spiro atoms. The van der Waals surface area contributed by atoms with Gasteiger partial charge in [-0.1, -0.05) is 49.0 Å². The fourth-order valence-electron chi connectivity index (χ4n) is 2.52. The fourth-order valence-corrected chi connectivity index (χ4v) is 2.52. The predicted molar refractivity (Wildman–Crippen MR) is 114 cm³/mol. The summed E-state index contributed by atoms with van der Waals surface area (Å²) in [7, 11) is 0. The molecule has 3 rings (SSSR count). The van der Waals surface area contributed by atoms with Crippen molar-refractivity contribution >= 4 is 11.6 Å². The number of nitriles is 1. The van der Waals surface area contributed by atoms with Gasteiger partial charge in [0.25, 0.3) is 5.91 Å². The number of carbonyl (C=O) groups excluding carboxylic acids is 1. The first kappa shape index (κ1) is 20.5. The fraction of sp³-hybridized carbons (Fsp3) is 0.0833. The molecular weight excluding hydrogens is 378 g/mol. The highest BCUT2D eigenvalue weighted by Crippen LogP contribution is 2.18. The molecule has 0 aliphatic rings. The molecule has 0 aliphatic carbocycles. The molecule has 0 saturated heterocycles. The third-order valence-corrected chi connectivity index (χ3v) is 4.16. The average molecular weight is 399 g/mol. The highest BCUT2D eigenvalue weighted by molar-refractivity contribution is 5.78. The van der Waals surface area contributed by atoms with Crippen molar-refractivity contribution < 1.29 is 14.3 Å². The van der Waals surface area contributed by atoms with Gasteiger partial charge in [0.2, 0.25) is 0 Å². The van der Waals surface area contributed by atoms with E-state index in [9.17, 15) is 4.79 Å². The molecule has 0 radical (unpaired) electrons. The minimum Gasteiger partial charge on any atom is -0.489 e. The molecule has 6 heteroatoms. The van der Waals surface area contributed by atoms with Gasteiger partial charge in [-0.2, -0.15) is 5.26 Å². The Labute approximate surface area is 175 Å². The second-order valence-corrected chi connectivity index (χ2v) is 6.38. The molecule has 0 aliphatic heterocycles. The number of ether oxygens (including phenoxy) is 2. The number of nitrogens with one attached hydrogen (secondary N) is 2. The van der Waals surface area contributed by atoms with Crippen molar-refractivity contribution in [1.82, 2.24) is 10.9 Å². The van der Waals surface area contributed by atoms with Gasteiger partial charge in [-0.25, -0.2) is 0 Å². The largest absolute Gasteiger partial charge is 0.489 e. The van der Waals surface area contributed by atoms with Crippen molar-refractivity contribution in [3.8, 4) is 17.6 Å². The number of hydrogen-bond acceptors (Lipinski definition) is 5. The summed E-state index contributed by atoms with van der Waals surface area (Å²) in [6, 6.07) is 25.9. The quantitative estimate of drug-likeness (QED) is 0.535. The summed E-state index contributed by atoms with van der Waals surface area (Å²) in [5.41, 5.74) is 8.18. The Balaban J connectivity index is 1.39. The van der Waals surface area contributed by atoms with E-state index in [4.69, 9.17) is 14.7 Å². The molecule has 0 saturated carbocycles. The second kappa shape index (κ2) is 10.3. The van der Waals surface area contributed by atoms with E-state index in [0.29, 0.717) is 23.6 Å². The van der Waals surface area contributed by atoms with Crippen molar-refractivity contribution in [3.05, 3.63) is 102 Å². The number of benzene rings is 3. The zero-order valence-corrected chi connectivity index (χ0v) is 16.3. The van der Waals surface area contributed by atoms with Gasteiger partial charge in [0.1, 0.15) is 18.1 Å². The van der Waals surface area contributed by atoms with Crippen LogP contribution in [0.2, 0.25) is 0 Å². The van der Waals surface area contributed by atoms with Crippen LogP contribution < -0.4 is 20.3 Å². The first-order chi connectivity index (χ1) is 14.6. The molecule has 2 N–H and O–H groups in total. The van der Waals surface area contributed by atoms with E-state index in [-0.39, 0.29) is 12.5 Å². The number of hydrogen-bond donors (Lipinski definition) is 2. The Hall–Kier alpha value is -4.24. The second-order valence-electron chi connectivity index (χ2n) is 6.38. The van der Waals surface area contributed by atoms with E-state index in [2.05, 4.69) is 17.4 Å². The summed E-state index contributed by atoms with van der Waals surface area (Å²) in [6.45, 7) is 4.19. The molecule has 0 unspecified atom stereocenters. The zero-order chi connectivity index (χ0) is 21.2. The monoisotopic (exact) mass is 399 g/mol. The number of hydrazine groups is 1. The van der Waals surface area contributed by atoms with E-state index < -0.39 is 0 Å². The topological polar surface area (TPSA) is 83.4 Å². The van der Waals surface area contributed by atoms with Crippen LogP contribution in [-0.2, 0) is 11.4 Å². The van der Waals surface area contributed by atoms with Gasteiger partial charge in [-0.05, 0) is 47.5 Å². The van der Waals surface area contributed by atoms with Gasteiger partial charge in [-0.3, -0.25) is 15.6 Å². The molecule has 3 aromatic rings. The molecule has 3 aromatic carbocycles. The van der Waals surface area contributed by atoms with E-state index in [1.807, 2.05) is 36.4 Å². The lowest BCUT2D eigenvalue weighted by Crippen LogP contribution is -2.38. The van der Waals surface area contributed by atoms with Crippen molar-refractivity contribution in [3.63, 3.8) is 0 Å². The zero-order valence-electron chi connectivity index (χ0n) is 16.3. The summed E-state index contributed by atoms with van der Waals surface area (Å²) in [5, 5.41) is 8.82. The van der Waals surface area contributed by atoms with Gasteiger partial charge in [0.15, 0.2) is 6.61 Å². The Kier molecular flexibility index (Phi) is 7.07.